The van der Waals surface area contributed by atoms with Gasteiger partial charge in [-0.25, -0.2) is 17.2 Å². The highest BCUT2D eigenvalue weighted by molar-refractivity contribution is 7.89. The highest BCUT2D eigenvalue weighted by Gasteiger charge is 2.30. The average molecular weight is 424 g/mol. The van der Waals surface area contributed by atoms with Crippen molar-refractivity contribution in [3.8, 4) is 0 Å². The van der Waals surface area contributed by atoms with Crippen LogP contribution in [-0.2, 0) is 10.0 Å². The molecule has 0 amide bonds. The van der Waals surface area contributed by atoms with Gasteiger partial charge in [0.05, 0.1) is 16.1 Å². The first-order chi connectivity index (χ1) is 13.4. The molecular formula is C19H16ClF2N3O2S. The number of benzene rings is 2. The van der Waals surface area contributed by atoms with Crippen molar-refractivity contribution in [3.63, 3.8) is 0 Å². The fourth-order valence-corrected chi connectivity index (χ4v) is 5.32. The van der Waals surface area contributed by atoms with Gasteiger partial charge in [0, 0.05) is 32.4 Å². The molecule has 0 aliphatic carbocycles. The molecular weight excluding hydrogens is 408 g/mol. The Balaban J connectivity index is 1.61. The third-order valence-electron chi connectivity index (χ3n) is 4.80. The fourth-order valence-electron chi connectivity index (χ4n) is 3.40. The minimum Gasteiger partial charge on any atom is -0.368 e. The van der Waals surface area contributed by atoms with Gasteiger partial charge in [-0.15, -0.1) is 0 Å². The number of nitrogens with zero attached hydrogens (tertiary/aromatic N) is 3. The van der Waals surface area contributed by atoms with Gasteiger partial charge in [-0.05, 0) is 30.3 Å². The molecule has 0 bridgehead atoms. The summed E-state index contributed by atoms with van der Waals surface area (Å²) >= 11 is 6.05. The second-order valence-electron chi connectivity index (χ2n) is 6.40. The largest absolute Gasteiger partial charge is 0.368 e. The second kappa shape index (κ2) is 7.27. The van der Waals surface area contributed by atoms with Crippen LogP contribution in [0, 0.1) is 11.6 Å². The number of piperazine rings is 1. The van der Waals surface area contributed by atoms with Gasteiger partial charge in [-0.1, -0.05) is 23.7 Å². The summed E-state index contributed by atoms with van der Waals surface area (Å²) in [5.41, 5.74) is 0.459. The molecule has 1 saturated heterocycles. The van der Waals surface area contributed by atoms with Crippen molar-refractivity contribution in [1.29, 1.82) is 0 Å². The zero-order chi connectivity index (χ0) is 19.9. The monoisotopic (exact) mass is 423 g/mol. The molecule has 1 aliphatic rings. The predicted octanol–water partition coefficient (Wildman–Crippen LogP) is 3.68. The van der Waals surface area contributed by atoms with Gasteiger partial charge in [0.1, 0.15) is 22.0 Å². The van der Waals surface area contributed by atoms with E-state index in [9.17, 15) is 17.2 Å². The van der Waals surface area contributed by atoms with Crippen molar-refractivity contribution in [2.24, 2.45) is 0 Å². The molecule has 1 aromatic heterocycles. The van der Waals surface area contributed by atoms with Gasteiger partial charge in [0.15, 0.2) is 0 Å². The van der Waals surface area contributed by atoms with E-state index < -0.39 is 21.7 Å². The number of pyridine rings is 1. The summed E-state index contributed by atoms with van der Waals surface area (Å²) in [7, 11) is -3.73. The number of hydrogen-bond donors (Lipinski definition) is 0. The molecule has 0 unspecified atom stereocenters. The fraction of sp³-hybridized carbons (Fsp3) is 0.211. The Kier molecular flexibility index (Phi) is 4.95. The van der Waals surface area contributed by atoms with E-state index in [4.69, 9.17) is 11.6 Å². The van der Waals surface area contributed by atoms with Crippen LogP contribution in [0.2, 0.25) is 5.02 Å². The molecule has 9 heteroatoms. The summed E-state index contributed by atoms with van der Waals surface area (Å²) in [4.78, 5) is 5.84. The van der Waals surface area contributed by atoms with Crippen molar-refractivity contribution < 1.29 is 17.2 Å². The lowest BCUT2D eigenvalue weighted by Crippen LogP contribution is -2.48. The lowest BCUT2D eigenvalue weighted by atomic mass is 10.1. The molecule has 0 spiro atoms. The number of aromatic nitrogens is 1. The van der Waals surface area contributed by atoms with Gasteiger partial charge in [-0.3, -0.25) is 4.98 Å². The summed E-state index contributed by atoms with van der Waals surface area (Å²) in [5, 5.41) is 0.271. The standard InChI is InChI=1S/C19H16ClF2N3O2S/c20-13-3-1-2-4-17(13)28(26,27)25-11-9-24(10-12-25)16-7-8-23-19-15(22)6-5-14(21)18(16)19/h1-8H,9-12H2. The second-order valence-corrected chi connectivity index (χ2v) is 8.72. The normalized spacial score (nSPS) is 15.9. The first-order valence-electron chi connectivity index (χ1n) is 8.62. The van der Waals surface area contributed by atoms with Crippen LogP contribution in [0.1, 0.15) is 0 Å². The molecule has 28 heavy (non-hydrogen) atoms. The lowest BCUT2D eigenvalue weighted by molar-refractivity contribution is 0.385. The maximum Gasteiger partial charge on any atom is 0.244 e. The first kappa shape index (κ1) is 19.0. The number of fused-ring (bicyclic) bond motifs is 1. The van der Waals surface area contributed by atoms with Crippen LogP contribution < -0.4 is 4.90 Å². The van der Waals surface area contributed by atoms with Crippen molar-refractivity contribution in [2.75, 3.05) is 31.1 Å². The van der Waals surface area contributed by atoms with Gasteiger partial charge in [0.25, 0.3) is 0 Å². The summed E-state index contributed by atoms with van der Waals surface area (Å²) in [6.45, 7) is 1.07. The minimum atomic E-state index is -3.73. The van der Waals surface area contributed by atoms with Gasteiger partial charge < -0.3 is 4.90 Å². The van der Waals surface area contributed by atoms with Gasteiger partial charge in [-0.2, -0.15) is 4.31 Å². The summed E-state index contributed by atoms with van der Waals surface area (Å²) < 4.78 is 55.5. The molecule has 2 aromatic carbocycles. The third kappa shape index (κ3) is 3.21. The third-order valence-corrected chi connectivity index (χ3v) is 7.20. The van der Waals surface area contributed by atoms with E-state index >= 15 is 0 Å². The first-order valence-corrected chi connectivity index (χ1v) is 10.4. The Morgan fingerprint density at radius 3 is 2.32 bits per heavy atom. The Morgan fingerprint density at radius 2 is 1.61 bits per heavy atom. The Hall–Kier alpha value is -2.29. The molecule has 146 valence electrons. The molecule has 5 nitrogen and oxygen atoms in total. The molecule has 1 aliphatic heterocycles. The Bertz CT molecular complexity index is 1150. The van der Waals surface area contributed by atoms with Crippen molar-refractivity contribution in [2.45, 2.75) is 4.90 Å². The van der Waals surface area contributed by atoms with E-state index in [-0.39, 0.29) is 33.9 Å². The molecule has 0 saturated carbocycles. The van der Waals surface area contributed by atoms with Gasteiger partial charge in [0.2, 0.25) is 10.0 Å². The van der Waals surface area contributed by atoms with Crippen LogP contribution in [-0.4, -0.2) is 43.9 Å². The topological polar surface area (TPSA) is 53.5 Å². The van der Waals surface area contributed by atoms with E-state index in [0.29, 0.717) is 18.8 Å². The maximum absolute atomic E-state index is 14.4. The Labute approximate surface area is 166 Å². The molecule has 2 heterocycles. The van der Waals surface area contributed by atoms with E-state index in [1.165, 1.54) is 22.6 Å². The molecule has 4 rings (SSSR count). The zero-order valence-electron chi connectivity index (χ0n) is 14.6. The minimum absolute atomic E-state index is 0.0383. The summed E-state index contributed by atoms with van der Waals surface area (Å²) in [6.07, 6.45) is 1.42. The summed E-state index contributed by atoms with van der Waals surface area (Å²) in [6, 6.07) is 10.0. The van der Waals surface area contributed by atoms with E-state index in [0.717, 1.165) is 12.1 Å². The molecule has 1 fully saturated rings. The van der Waals surface area contributed by atoms with Crippen molar-refractivity contribution in [1.82, 2.24) is 9.29 Å². The van der Waals surface area contributed by atoms with E-state index in [1.807, 2.05) is 4.90 Å². The quantitative estimate of drug-likeness (QED) is 0.645. The van der Waals surface area contributed by atoms with Crippen molar-refractivity contribution >= 4 is 38.2 Å². The van der Waals surface area contributed by atoms with Crippen LogP contribution in [0.15, 0.2) is 53.6 Å². The van der Waals surface area contributed by atoms with Crippen LogP contribution in [0.5, 0.6) is 0 Å². The molecule has 0 atom stereocenters. The van der Waals surface area contributed by atoms with Crippen LogP contribution in [0.3, 0.4) is 0 Å². The number of hydrogen-bond acceptors (Lipinski definition) is 4. The molecule has 0 radical (unpaired) electrons. The highest BCUT2D eigenvalue weighted by atomic mass is 35.5. The highest BCUT2D eigenvalue weighted by Crippen LogP contribution is 2.31. The summed E-state index contributed by atoms with van der Waals surface area (Å²) in [5.74, 6) is -1.16. The zero-order valence-corrected chi connectivity index (χ0v) is 16.2. The lowest BCUT2D eigenvalue weighted by Gasteiger charge is -2.36. The van der Waals surface area contributed by atoms with Crippen molar-refractivity contribution in [3.05, 3.63) is 65.3 Å². The van der Waals surface area contributed by atoms with Crippen LogP contribution in [0.4, 0.5) is 14.5 Å². The van der Waals surface area contributed by atoms with Crippen LogP contribution in [0.25, 0.3) is 10.9 Å². The predicted molar refractivity (Wildman–Crippen MR) is 104 cm³/mol. The van der Waals surface area contributed by atoms with E-state index in [2.05, 4.69) is 4.98 Å². The number of halogens is 3. The van der Waals surface area contributed by atoms with E-state index in [1.54, 1.807) is 18.2 Å². The van der Waals surface area contributed by atoms with Crippen LogP contribution >= 0.6 is 11.6 Å². The number of rotatable bonds is 3. The van der Waals surface area contributed by atoms with Gasteiger partial charge >= 0.3 is 0 Å². The molecule has 3 aromatic rings. The maximum atomic E-state index is 14.4. The number of anilines is 1. The Morgan fingerprint density at radius 1 is 0.929 bits per heavy atom. The number of sulfonamides is 1. The SMILES string of the molecule is O=S(=O)(c1ccccc1Cl)N1CCN(c2ccnc3c(F)ccc(F)c23)CC1. The molecule has 0 N–H and O–H groups in total. The average Bonchev–Trinajstić information content (AvgIpc) is 2.71. The smallest absolute Gasteiger partial charge is 0.244 e.